The highest BCUT2D eigenvalue weighted by Gasteiger charge is 2.32. The van der Waals surface area contributed by atoms with Crippen LogP contribution in [0.5, 0.6) is 0 Å². The van der Waals surface area contributed by atoms with E-state index >= 15 is 0 Å². The van der Waals surface area contributed by atoms with E-state index in [0.717, 1.165) is 44.5 Å². The molecule has 2 amide bonds. The van der Waals surface area contributed by atoms with Crippen molar-refractivity contribution in [1.29, 1.82) is 0 Å². The minimum absolute atomic E-state index is 0.0336. The van der Waals surface area contributed by atoms with Gasteiger partial charge in [0.25, 0.3) is 5.91 Å². The van der Waals surface area contributed by atoms with Crippen LogP contribution in [0.3, 0.4) is 0 Å². The fourth-order valence-electron chi connectivity index (χ4n) is 6.03. The van der Waals surface area contributed by atoms with Gasteiger partial charge in [0.2, 0.25) is 5.91 Å². The van der Waals surface area contributed by atoms with E-state index in [1.54, 1.807) is 18.2 Å². The first-order valence-corrected chi connectivity index (χ1v) is 15.7. The van der Waals surface area contributed by atoms with E-state index in [1.165, 1.54) is 24.8 Å². The van der Waals surface area contributed by atoms with Crippen LogP contribution in [-0.4, -0.2) is 78.1 Å². The number of halogens is 1. The Morgan fingerprint density at radius 1 is 1.10 bits per heavy atom. The summed E-state index contributed by atoms with van der Waals surface area (Å²) < 4.78 is 5.42. The third-order valence-corrected chi connectivity index (χ3v) is 8.81. The standard InChI is InChI=1S/C33H42ClN5O3/c1-2-24(25-9-5-3-6-10-25)23-39-20-15-28(36-29(33(39)41)16-19-38-17-7-4-8-18-38)22-35-32(40)30-21-31(42-37-30)26-11-13-27(34)14-12-26/h3,5-6,9-14,21,24,28-29,36H,2,4,7-8,15-20,22-23H2,1H3,(H,35,40)/t24?,28-,29-/m0/s1. The lowest BCUT2D eigenvalue weighted by molar-refractivity contribution is -0.133. The molecule has 0 spiro atoms. The predicted octanol–water partition coefficient (Wildman–Crippen LogP) is 5.35. The zero-order valence-electron chi connectivity index (χ0n) is 24.4. The fourth-order valence-corrected chi connectivity index (χ4v) is 6.15. The smallest absolute Gasteiger partial charge is 0.273 e. The first-order valence-electron chi connectivity index (χ1n) is 15.3. The van der Waals surface area contributed by atoms with E-state index in [-0.39, 0.29) is 35.5 Å². The zero-order valence-corrected chi connectivity index (χ0v) is 25.2. The average molecular weight is 592 g/mol. The van der Waals surface area contributed by atoms with Gasteiger partial charge >= 0.3 is 0 Å². The number of nitrogens with one attached hydrogen (secondary N) is 2. The van der Waals surface area contributed by atoms with Crippen LogP contribution < -0.4 is 10.6 Å². The molecule has 42 heavy (non-hydrogen) atoms. The highest BCUT2D eigenvalue weighted by Crippen LogP contribution is 2.24. The van der Waals surface area contributed by atoms with E-state index < -0.39 is 0 Å². The van der Waals surface area contributed by atoms with Crippen molar-refractivity contribution in [1.82, 2.24) is 25.6 Å². The van der Waals surface area contributed by atoms with Gasteiger partial charge in [-0.05, 0) is 75.0 Å². The van der Waals surface area contributed by atoms with Gasteiger partial charge in [-0.3, -0.25) is 9.59 Å². The number of hydrogen-bond acceptors (Lipinski definition) is 6. The SMILES string of the molecule is CCC(CN1CC[C@@H](CNC(=O)c2cc(-c3ccc(Cl)cc3)on2)N[C@@H](CCN2CCCCC2)C1=O)c1ccccc1. The van der Waals surface area contributed by atoms with Gasteiger partial charge in [0.05, 0.1) is 6.04 Å². The molecule has 3 aromatic rings. The van der Waals surface area contributed by atoms with Gasteiger partial charge in [0.15, 0.2) is 11.5 Å². The molecule has 0 saturated carbocycles. The molecule has 0 bridgehead atoms. The number of likely N-dealkylation sites (tertiary alicyclic amines) is 1. The molecule has 8 nitrogen and oxygen atoms in total. The lowest BCUT2D eigenvalue weighted by atomic mass is 9.95. The van der Waals surface area contributed by atoms with Gasteiger partial charge in [0, 0.05) is 54.8 Å². The zero-order chi connectivity index (χ0) is 29.3. The number of amides is 2. The van der Waals surface area contributed by atoms with Crippen molar-refractivity contribution in [3.8, 4) is 11.3 Å². The summed E-state index contributed by atoms with van der Waals surface area (Å²) in [6.45, 7) is 7.05. The molecule has 2 N–H and O–H groups in total. The highest BCUT2D eigenvalue weighted by atomic mass is 35.5. The van der Waals surface area contributed by atoms with E-state index in [0.29, 0.717) is 30.4 Å². The van der Waals surface area contributed by atoms with Crippen molar-refractivity contribution in [2.45, 2.75) is 63.5 Å². The number of hydrogen-bond donors (Lipinski definition) is 2. The number of nitrogens with zero attached hydrogens (tertiary/aromatic N) is 3. The lowest BCUT2D eigenvalue weighted by Gasteiger charge is -2.31. The molecule has 224 valence electrons. The normalized spacial score (nSPS) is 20.7. The number of carbonyl (C=O) groups is 2. The quantitative estimate of drug-likeness (QED) is 0.312. The molecule has 9 heteroatoms. The summed E-state index contributed by atoms with van der Waals surface area (Å²) in [5.74, 6) is 0.663. The first kappa shape index (κ1) is 30.3. The Balaban J connectivity index is 1.23. The minimum Gasteiger partial charge on any atom is -0.355 e. The average Bonchev–Trinajstić information content (AvgIpc) is 3.47. The Hall–Kier alpha value is -3.20. The maximum Gasteiger partial charge on any atom is 0.273 e. The Kier molecular flexibility index (Phi) is 10.7. The topological polar surface area (TPSA) is 90.7 Å². The van der Waals surface area contributed by atoms with Crippen LogP contribution in [0.25, 0.3) is 11.3 Å². The van der Waals surface area contributed by atoms with E-state index in [1.807, 2.05) is 23.1 Å². The molecule has 5 rings (SSSR count). The summed E-state index contributed by atoms with van der Waals surface area (Å²) in [6.07, 6.45) is 6.22. The van der Waals surface area contributed by atoms with Gasteiger partial charge in [-0.25, -0.2) is 0 Å². The molecule has 1 aromatic heterocycles. The van der Waals surface area contributed by atoms with Crippen LogP contribution in [0.15, 0.2) is 65.2 Å². The highest BCUT2D eigenvalue weighted by molar-refractivity contribution is 6.30. The van der Waals surface area contributed by atoms with Crippen molar-refractivity contribution >= 4 is 23.4 Å². The van der Waals surface area contributed by atoms with Crippen LogP contribution in [0.1, 0.15) is 67.4 Å². The summed E-state index contributed by atoms with van der Waals surface area (Å²) in [7, 11) is 0. The van der Waals surface area contributed by atoms with Crippen LogP contribution in [0.4, 0.5) is 0 Å². The van der Waals surface area contributed by atoms with E-state index in [9.17, 15) is 9.59 Å². The second-order valence-corrected chi connectivity index (χ2v) is 11.9. The third-order valence-electron chi connectivity index (χ3n) is 8.56. The molecule has 0 aliphatic carbocycles. The van der Waals surface area contributed by atoms with Crippen molar-refractivity contribution in [2.75, 3.05) is 39.3 Å². The van der Waals surface area contributed by atoms with Crippen molar-refractivity contribution < 1.29 is 14.1 Å². The van der Waals surface area contributed by atoms with Crippen LogP contribution in [0.2, 0.25) is 5.02 Å². The van der Waals surface area contributed by atoms with Crippen LogP contribution >= 0.6 is 11.6 Å². The summed E-state index contributed by atoms with van der Waals surface area (Å²) in [4.78, 5) is 31.4. The molecule has 2 fully saturated rings. The summed E-state index contributed by atoms with van der Waals surface area (Å²) in [5, 5.41) is 11.2. The third kappa shape index (κ3) is 8.00. The molecule has 0 radical (unpaired) electrons. The van der Waals surface area contributed by atoms with Crippen molar-refractivity contribution in [3.05, 3.63) is 76.9 Å². The summed E-state index contributed by atoms with van der Waals surface area (Å²) in [6, 6.07) is 19.0. The van der Waals surface area contributed by atoms with Gasteiger partial charge < -0.3 is 25.0 Å². The van der Waals surface area contributed by atoms with E-state index in [2.05, 4.69) is 51.9 Å². The molecule has 1 unspecified atom stereocenters. The number of carbonyl (C=O) groups excluding carboxylic acids is 2. The molecule has 2 saturated heterocycles. The molecule has 2 aliphatic rings. The van der Waals surface area contributed by atoms with Crippen molar-refractivity contribution in [3.63, 3.8) is 0 Å². The second kappa shape index (κ2) is 14.8. The van der Waals surface area contributed by atoms with E-state index in [4.69, 9.17) is 16.1 Å². The first-order chi connectivity index (χ1) is 20.5. The molecular formula is C33H42ClN5O3. The monoisotopic (exact) mass is 591 g/mol. The van der Waals surface area contributed by atoms with Gasteiger partial charge in [-0.2, -0.15) is 0 Å². The maximum absolute atomic E-state index is 13.9. The number of benzene rings is 2. The van der Waals surface area contributed by atoms with Gasteiger partial charge in [-0.1, -0.05) is 60.4 Å². The Morgan fingerprint density at radius 2 is 1.86 bits per heavy atom. The summed E-state index contributed by atoms with van der Waals surface area (Å²) >= 11 is 5.99. The fraction of sp³-hybridized carbons (Fsp3) is 0.485. The number of piperidine rings is 1. The molecule has 3 atom stereocenters. The maximum atomic E-state index is 13.9. The van der Waals surface area contributed by atoms with Crippen molar-refractivity contribution in [2.24, 2.45) is 0 Å². The molecule has 2 aliphatic heterocycles. The molecule has 3 heterocycles. The lowest BCUT2D eigenvalue weighted by Crippen LogP contribution is -2.50. The summed E-state index contributed by atoms with van der Waals surface area (Å²) in [5.41, 5.74) is 2.29. The van der Waals surface area contributed by atoms with Crippen LogP contribution in [-0.2, 0) is 4.79 Å². The Morgan fingerprint density at radius 3 is 2.60 bits per heavy atom. The second-order valence-electron chi connectivity index (χ2n) is 11.5. The van der Waals surface area contributed by atoms with Gasteiger partial charge in [-0.15, -0.1) is 0 Å². The van der Waals surface area contributed by atoms with Crippen LogP contribution in [0, 0.1) is 0 Å². The van der Waals surface area contributed by atoms with Gasteiger partial charge in [0.1, 0.15) is 0 Å². The number of rotatable bonds is 11. The number of aromatic nitrogens is 1. The Labute approximate surface area is 253 Å². The minimum atomic E-state index is -0.298. The predicted molar refractivity (Wildman–Crippen MR) is 166 cm³/mol. The molecule has 2 aromatic carbocycles. The molecular weight excluding hydrogens is 550 g/mol. The Bertz CT molecular complexity index is 1290. The largest absolute Gasteiger partial charge is 0.355 e.